The van der Waals surface area contributed by atoms with Gasteiger partial charge in [0.2, 0.25) is 0 Å². The highest BCUT2D eigenvalue weighted by atomic mass is 19.1. The van der Waals surface area contributed by atoms with Crippen LogP contribution in [0.5, 0.6) is 11.5 Å². The third kappa shape index (κ3) is 3.24. The number of hydrogen-bond acceptors (Lipinski definition) is 4. The monoisotopic (exact) mass is 331 g/mol. The van der Waals surface area contributed by atoms with E-state index in [-0.39, 0.29) is 17.9 Å². The number of para-hydroxylation sites is 1. The Morgan fingerprint density at radius 2 is 1.83 bits per heavy atom. The minimum Gasteiger partial charge on any atom is -0.486 e. The van der Waals surface area contributed by atoms with Crippen molar-refractivity contribution in [2.45, 2.75) is 6.61 Å². The molecule has 0 saturated carbocycles. The van der Waals surface area contributed by atoms with E-state index in [0.29, 0.717) is 16.7 Å². The molecule has 0 radical (unpaired) electrons. The molecule has 0 saturated heterocycles. The fourth-order valence-corrected chi connectivity index (χ4v) is 2.21. The van der Waals surface area contributed by atoms with Gasteiger partial charge in [0.05, 0.1) is 11.8 Å². The zero-order valence-electron chi connectivity index (χ0n) is 12.2. The molecule has 0 amide bonds. The van der Waals surface area contributed by atoms with Gasteiger partial charge in [0, 0.05) is 5.39 Å². The third-order valence-corrected chi connectivity index (χ3v) is 3.29. The number of carbonyl (C=O) groups is 1. The van der Waals surface area contributed by atoms with Gasteiger partial charge in [0.25, 0.3) is 0 Å². The van der Waals surface area contributed by atoms with Crippen LogP contribution in [0.2, 0.25) is 0 Å². The molecule has 2 aromatic carbocycles. The van der Waals surface area contributed by atoms with Gasteiger partial charge in [-0.05, 0) is 24.3 Å². The lowest BCUT2D eigenvalue weighted by Gasteiger charge is -2.10. The Hall–Kier alpha value is -3.22. The molecule has 1 heterocycles. The molecular formula is C17H11F2NO4. The standard InChI is InChI=1S/C17H11F2NO4/c18-13-4-2-5-14(19)12(13)9-23-15-6-1-3-10-7-11(24-17(21)22)8-20-16(10)15/h1-8H,9H2,(H,21,22). The van der Waals surface area contributed by atoms with E-state index in [2.05, 4.69) is 9.72 Å². The molecule has 0 fully saturated rings. The molecule has 0 aliphatic heterocycles. The largest absolute Gasteiger partial charge is 0.511 e. The Labute approximate surface area is 135 Å². The van der Waals surface area contributed by atoms with Crippen LogP contribution in [0.3, 0.4) is 0 Å². The van der Waals surface area contributed by atoms with E-state index >= 15 is 0 Å². The van der Waals surface area contributed by atoms with Crippen molar-refractivity contribution in [3.63, 3.8) is 0 Å². The Morgan fingerprint density at radius 1 is 1.12 bits per heavy atom. The maximum atomic E-state index is 13.6. The van der Waals surface area contributed by atoms with Crippen molar-refractivity contribution in [1.29, 1.82) is 0 Å². The zero-order valence-corrected chi connectivity index (χ0v) is 12.2. The van der Waals surface area contributed by atoms with Crippen molar-refractivity contribution in [3.8, 4) is 11.5 Å². The van der Waals surface area contributed by atoms with Crippen LogP contribution < -0.4 is 9.47 Å². The highest BCUT2D eigenvalue weighted by Crippen LogP contribution is 2.27. The van der Waals surface area contributed by atoms with Gasteiger partial charge >= 0.3 is 6.16 Å². The van der Waals surface area contributed by atoms with Crippen LogP contribution in [-0.4, -0.2) is 16.2 Å². The normalized spacial score (nSPS) is 10.6. The fourth-order valence-electron chi connectivity index (χ4n) is 2.21. The van der Waals surface area contributed by atoms with Gasteiger partial charge in [0.15, 0.2) is 5.75 Å². The maximum absolute atomic E-state index is 13.6. The molecule has 3 aromatic rings. The number of halogens is 2. The lowest BCUT2D eigenvalue weighted by Crippen LogP contribution is -2.04. The Balaban J connectivity index is 1.88. The number of rotatable bonds is 4. The summed E-state index contributed by atoms with van der Waals surface area (Å²) in [4.78, 5) is 14.6. The average molecular weight is 331 g/mol. The summed E-state index contributed by atoms with van der Waals surface area (Å²) >= 11 is 0. The molecule has 0 unspecified atom stereocenters. The molecule has 3 rings (SSSR count). The summed E-state index contributed by atoms with van der Waals surface area (Å²) in [7, 11) is 0. The first-order valence-electron chi connectivity index (χ1n) is 6.90. The summed E-state index contributed by atoms with van der Waals surface area (Å²) < 4.78 is 37.3. The smallest absolute Gasteiger partial charge is 0.486 e. The van der Waals surface area contributed by atoms with Crippen molar-refractivity contribution in [1.82, 2.24) is 4.98 Å². The van der Waals surface area contributed by atoms with E-state index in [1.807, 2.05) is 0 Å². The van der Waals surface area contributed by atoms with Gasteiger partial charge in [-0.25, -0.2) is 18.6 Å². The molecule has 0 aliphatic carbocycles. The number of carboxylic acid groups (broad SMARTS) is 1. The predicted molar refractivity (Wildman–Crippen MR) is 81.1 cm³/mol. The second kappa shape index (κ2) is 6.49. The Kier molecular flexibility index (Phi) is 4.24. The summed E-state index contributed by atoms with van der Waals surface area (Å²) in [6.45, 7) is -0.299. The van der Waals surface area contributed by atoms with Crippen molar-refractivity contribution in [2.24, 2.45) is 0 Å². The van der Waals surface area contributed by atoms with E-state index in [0.717, 1.165) is 12.1 Å². The molecule has 24 heavy (non-hydrogen) atoms. The van der Waals surface area contributed by atoms with Crippen molar-refractivity contribution < 1.29 is 28.2 Å². The van der Waals surface area contributed by atoms with Crippen LogP contribution in [0.4, 0.5) is 13.6 Å². The number of benzene rings is 2. The van der Waals surface area contributed by atoms with Crippen LogP contribution in [0.25, 0.3) is 10.9 Å². The van der Waals surface area contributed by atoms with Gasteiger partial charge < -0.3 is 14.6 Å². The molecule has 0 atom stereocenters. The Bertz CT molecular complexity index is 894. The van der Waals surface area contributed by atoms with Crippen molar-refractivity contribution in [2.75, 3.05) is 0 Å². The molecule has 5 nitrogen and oxygen atoms in total. The number of aromatic nitrogens is 1. The lowest BCUT2D eigenvalue weighted by atomic mass is 10.2. The summed E-state index contributed by atoms with van der Waals surface area (Å²) in [5, 5.41) is 9.18. The lowest BCUT2D eigenvalue weighted by molar-refractivity contribution is 0.144. The number of ether oxygens (including phenoxy) is 2. The number of hydrogen-bond donors (Lipinski definition) is 1. The van der Waals surface area contributed by atoms with Crippen LogP contribution in [-0.2, 0) is 6.61 Å². The summed E-state index contributed by atoms with van der Waals surface area (Å²) in [5.74, 6) is -1.01. The minimum absolute atomic E-state index is 0.0623. The van der Waals surface area contributed by atoms with E-state index in [9.17, 15) is 13.6 Å². The van der Waals surface area contributed by atoms with E-state index in [1.165, 1.54) is 18.3 Å². The van der Waals surface area contributed by atoms with Crippen molar-refractivity contribution >= 4 is 17.1 Å². The molecule has 1 N–H and O–H groups in total. The quantitative estimate of drug-likeness (QED) is 0.727. The number of nitrogens with zero attached hydrogens (tertiary/aromatic N) is 1. The molecule has 7 heteroatoms. The number of pyridine rings is 1. The van der Waals surface area contributed by atoms with Crippen molar-refractivity contribution in [3.05, 3.63) is 65.9 Å². The number of fused-ring (bicyclic) bond motifs is 1. The van der Waals surface area contributed by atoms with Crippen LogP contribution in [0.1, 0.15) is 5.56 Å². The first kappa shape index (κ1) is 15.7. The molecule has 0 bridgehead atoms. The van der Waals surface area contributed by atoms with Crippen LogP contribution in [0.15, 0.2) is 48.7 Å². The predicted octanol–water partition coefficient (Wildman–Crippen LogP) is 4.15. The average Bonchev–Trinajstić information content (AvgIpc) is 2.53. The second-order valence-electron chi connectivity index (χ2n) is 4.86. The first-order valence-corrected chi connectivity index (χ1v) is 6.90. The minimum atomic E-state index is -1.45. The van der Waals surface area contributed by atoms with Gasteiger partial charge in [0.1, 0.15) is 29.5 Å². The van der Waals surface area contributed by atoms with Crippen LogP contribution in [0, 0.1) is 11.6 Å². The first-order chi connectivity index (χ1) is 11.5. The highest BCUT2D eigenvalue weighted by molar-refractivity contribution is 5.85. The molecule has 0 spiro atoms. The van der Waals surface area contributed by atoms with Gasteiger partial charge in [-0.2, -0.15) is 0 Å². The molecule has 0 aliphatic rings. The maximum Gasteiger partial charge on any atom is 0.511 e. The summed E-state index contributed by atoms with van der Waals surface area (Å²) in [6.07, 6.45) is -0.217. The van der Waals surface area contributed by atoms with E-state index in [4.69, 9.17) is 9.84 Å². The van der Waals surface area contributed by atoms with E-state index < -0.39 is 17.8 Å². The van der Waals surface area contributed by atoms with Gasteiger partial charge in [-0.3, -0.25) is 0 Å². The molecule has 122 valence electrons. The molecule has 1 aromatic heterocycles. The molecular weight excluding hydrogens is 320 g/mol. The summed E-state index contributed by atoms with van der Waals surface area (Å²) in [5.41, 5.74) is 0.243. The third-order valence-electron chi connectivity index (χ3n) is 3.29. The highest BCUT2D eigenvalue weighted by Gasteiger charge is 2.11. The van der Waals surface area contributed by atoms with Crippen LogP contribution >= 0.6 is 0 Å². The van der Waals surface area contributed by atoms with Gasteiger partial charge in [-0.15, -0.1) is 0 Å². The zero-order chi connectivity index (χ0) is 17.1. The van der Waals surface area contributed by atoms with Gasteiger partial charge in [-0.1, -0.05) is 18.2 Å². The van der Waals surface area contributed by atoms with E-state index in [1.54, 1.807) is 18.2 Å². The topological polar surface area (TPSA) is 68.7 Å². The SMILES string of the molecule is O=C(O)Oc1cnc2c(OCc3c(F)cccc3F)cccc2c1. The second-order valence-corrected chi connectivity index (χ2v) is 4.86. The summed E-state index contributed by atoms with van der Waals surface area (Å²) in [6, 6.07) is 10.0. The Morgan fingerprint density at radius 3 is 2.54 bits per heavy atom. The fraction of sp³-hybridized carbons (Fsp3) is 0.0588.